The first-order valence-electron chi connectivity index (χ1n) is 8.40. The summed E-state index contributed by atoms with van der Waals surface area (Å²) in [6.07, 6.45) is 2.32. The number of carbonyl (C=O) groups is 1. The van der Waals surface area contributed by atoms with E-state index < -0.39 is 22.8 Å². The van der Waals surface area contributed by atoms with Crippen LogP contribution in [0.2, 0.25) is 0 Å². The highest BCUT2D eigenvalue weighted by molar-refractivity contribution is 7.84. The van der Waals surface area contributed by atoms with Gasteiger partial charge in [0.05, 0.1) is 16.6 Å². The lowest BCUT2D eigenvalue weighted by Crippen LogP contribution is -2.38. The summed E-state index contributed by atoms with van der Waals surface area (Å²) in [5.74, 6) is -1.03. The molecular formula is C18H20FN5O2S. The van der Waals surface area contributed by atoms with Crippen LogP contribution in [-0.2, 0) is 24.3 Å². The van der Waals surface area contributed by atoms with Crippen LogP contribution in [0.4, 0.5) is 10.1 Å². The van der Waals surface area contributed by atoms with Crippen molar-refractivity contribution in [1.29, 1.82) is 10.0 Å². The fourth-order valence-electron chi connectivity index (χ4n) is 3.15. The number of fused-ring (bicyclic) bond motifs is 1. The third-order valence-electron chi connectivity index (χ3n) is 4.58. The Morgan fingerprint density at radius 1 is 1.59 bits per heavy atom. The molecule has 2 heterocycles. The number of nitrogens with one attached hydrogen (secondary N) is 3. The highest BCUT2D eigenvalue weighted by Crippen LogP contribution is 2.27. The molecule has 0 aliphatic carbocycles. The number of aryl methyl sites for hydroxylation is 1. The fraction of sp³-hybridized carbons (Fsp3) is 0.333. The van der Waals surface area contributed by atoms with E-state index in [1.807, 2.05) is 0 Å². The Labute approximate surface area is 158 Å². The Morgan fingerprint density at radius 3 is 3.00 bits per heavy atom. The van der Waals surface area contributed by atoms with E-state index in [0.29, 0.717) is 24.2 Å². The number of hydrogen-bond acceptors (Lipinski definition) is 4. The Hall–Kier alpha value is -2.54. The molecule has 1 aromatic heterocycles. The molecule has 0 bridgehead atoms. The van der Waals surface area contributed by atoms with E-state index in [4.69, 9.17) is 10.0 Å². The number of rotatable bonds is 3. The second-order valence-electron chi connectivity index (χ2n) is 6.50. The van der Waals surface area contributed by atoms with Crippen LogP contribution >= 0.6 is 0 Å². The Morgan fingerprint density at radius 2 is 2.33 bits per heavy atom. The van der Waals surface area contributed by atoms with E-state index in [1.54, 1.807) is 30.8 Å². The summed E-state index contributed by atoms with van der Waals surface area (Å²) in [7, 11) is 0.687. The van der Waals surface area contributed by atoms with E-state index in [0.717, 1.165) is 16.5 Å². The lowest BCUT2D eigenvalue weighted by Gasteiger charge is -2.19. The molecule has 1 aromatic carbocycles. The average molecular weight is 389 g/mol. The van der Waals surface area contributed by atoms with Crippen molar-refractivity contribution in [3.63, 3.8) is 0 Å². The molecule has 9 heteroatoms. The summed E-state index contributed by atoms with van der Waals surface area (Å²) in [5, 5.41) is 21.5. The molecule has 0 fully saturated rings. The molecule has 3 rings (SSSR count). The molecule has 0 saturated carbocycles. The van der Waals surface area contributed by atoms with Gasteiger partial charge in [0.25, 0.3) is 5.91 Å². The van der Waals surface area contributed by atoms with Crippen LogP contribution in [0.25, 0.3) is 0 Å². The molecule has 27 heavy (non-hydrogen) atoms. The van der Waals surface area contributed by atoms with Gasteiger partial charge in [-0.25, -0.2) is 9.11 Å². The summed E-state index contributed by atoms with van der Waals surface area (Å²) in [4.78, 5) is 13.6. The predicted molar refractivity (Wildman–Crippen MR) is 99.8 cm³/mol. The Balaban J connectivity index is 1.91. The van der Waals surface area contributed by atoms with Crippen LogP contribution in [-0.4, -0.2) is 27.7 Å². The van der Waals surface area contributed by atoms with Crippen LogP contribution < -0.4 is 10.0 Å². The molecule has 2 aromatic rings. The van der Waals surface area contributed by atoms with Gasteiger partial charge in [-0.1, -0.05) is 0 Å². The van der Waals surface area contributed by atoms with E-state index in [-0.39, 0.29) is 17.5 Å². The summed E-state index contributed by atoms with van der Waals surface area (Å²) in [6.45, 7) is 1.68. The molecule has 4 N–H and O–H groups in total. The van der Waals surface area contributed by atoms with Gasteiger partial charge in [-0.3, -0.25) is 9.57 Å². The number of hydrogen-bond donors (Lipinski definition) is 4. The molecule has 3 unspecified atom stereocenters. The van der Waals surface area contributed by atoms with Gasteiger partial charge in [0.1, 0.15) is 17.6 Å². The number of carbonyl (C=O) groups excluding carboxylic acids is 1. The lowest BCUT2D eigenvalue weighted by atomic mass is 10.0. The van der Waals surface area contributed by atoms with Gasteiger partial charge >= 0.3 is 0 Å². The average Bonchev–Trinajstić information content (AvgIpc) is 2.87. The highest BCUT2D eigenvalue weighted by Gasteiger charge is 2.28. The minimum Gasteiger partial charge on any atom is -0.392 e. The van der Waals surface area contributed by atoms with Crippen LogP contribution in [0.15, 0.2) is 29.3 Å². The molecule has 3 atom stereocenters. The minimum absolute atomic E-state index is 0.143. The number of anilines is 1. The first-order chi connectivity index (χ1) is 12.8. The number of halogens is 1. The van der Waals surface area contributed by atoms with Crippen molar-refractivity contribution in [2.75, 3.05) is 5.32 Å². The van der Waals surface area contributed by atoms with Gasteiger partial charge in [0.15, 0.2) is 0 Å². The molecule has 1 aliphatic heterocycles. The van der Waals surface area contributed by atoms with Gasteiger partial charge in [-0.2, -0.15) is 5.26 Å². The molecule has 7 nitrogen and oxygen atoms in total. The molecule has 1 aliphatic rings. The zero-order valence-corrected chi connectivity index (χ0v) is 15.7. The summed E-state index contributed by atoms with van der Waals surface area (Å²) < 4.78 is 26.6. The van der Waals surface area contributed by atoms with Crippen LogP contribution in [0.5, 0.6) is 0 Å². The number of aromatic nitrogens is 1. The van der Waals surface area contributed by atoms with Crippen LogP contribution in [0.1, 0.15) is 35.0 Å². The number of aliphatic hydroxyl groups is 1. The monoisotopic (exact) mass is 389 g/mol. The van der Waals surface area contributed by atoms with Crippen molar-refractivity contribution in [2.24, 2.45) is 7.05 Å². The topological polar surface area (TPSA) is 114 Å². The highest BCUT2D eigenvalue weighted by atomic mass is 32.2. The predicted octanol–water partition coefficient (Wildman–Crippen LogP) is 2.23. The van der Waals surface area contributed by atoms with Crippen molar-refractivity contribution in [2.45, 2.75) is 36.8 Å². The third-order valence-corrected chi connectivity index (χ3v) is 5.91. The quantitative estimate of drug-likeness (QED) is 0.644. The number of amides is 1. The second kappa shape index (κ2) is 7.60. The Kier molecular flexibility index (Phi) is 5.41. The molecule has 0 spiro atoms. The maximum absolute atomic E-state index is 13.5. The normalized spacial score (nSPS) is 20.3. The molecule has 142 valence electrons. The molecule has 0 radical (unpaired) electrons. The van der Waals surface area contributed by atoms with Crippen LogP contribution in [0, 0.1) is 21.9 Å². The van der Waals surface area contributed by atoms with Crippen LogP contribution in [0.3, 0.4) is 0 Å². The first kappa shape index (κ1) is 19.2. The minimum atomic E-state index is -1.05. The maximum Gasteiger partial charge on any atom is 0.272 e. The van der Waals surface area contributed by atoms with Gasteiger partial charge in [-0.05, 0) is 54.4 Å². The Bertz CT molecular complexity index is 963. The zero-order chi connectivity index (χ0) is 19.7. The number of nitrogens with zero attached hydrogens (tertiary/aromatic N) is 2. The second-order valence-corrected chi connectivity index (χ2v) is 7.79. The SMILES string of the molecule is CC(O)C1CCc2c(cn(C)c2C(=O)Nc2ccc(F)c(C#N)c2)S(=N)N1. The summed E-state index contributed by atoms with van der Waals surface area (Å²) in [5.41, 5.74) is 1.37. The number of nitriles is 1. The maximum atomic E-state index is 13.5. The first-order valence-corrected chi connectivity index (χ1v) is 9.63. The van der Waals surface area contributed by atoms with E-state index in [1.165, 1.54) is 12.1 Å². The van der Waals surface area contributed by atoms with Crippen molar-refractivity contribution >= 4 is 22.5 Å². The van der Waals surface area contributed by atoms with E-state index in [2.05, 4.69) is 10.0 Å². The van der Waals surface area contributed by atoms with Crippen molar-refractivity contribution in [1.82, 2.24) is 9.29 Å². The smallest absolute Gasteiger partial charge is 0.272 e. The lowest BCUT2D eigenvalue weighted by molar-refractivity contribution is 0.101. The van der Waals surface area contributed by atoms with Gasteiger partial charge < -0.3 is 15.0 Å². The number of aliphatic hydroxyl groups excluding tert-OH is 1. The van der Waals surface area contributed by atoms with Crippen molar-refractivity contribution < 1.29 is 14.3 Å². The van der Waals surface area contributed by atoms with Gasteiger partial charge in [-0.15, -0.1) is 0 Å². The van der Waals surface area contributed by atoms with Gasteiger partial charge in [0.2, 0.25) is 0 Å². The largest absolute Gasteiger partial charge is 0.392 e. The van der Waals surface area contributed by atoms with Crippen molar-refractivity contribution in [3.05, 3.63) is 47.0 Å². The number of benzene rings is 1. The summed E-state index contributed by atoms with van der Waals surface area (Å²) in [6, 6.07) is 5.36. The zero-order valence-electron chi connectivity index (χ0n) is 14.9. The van der Waals surface area contributed by atoms with E-state index >= 15 is 0 Å². The van der Waals surface area contributed by atoms with Crippen molar-refractivity contribution in [3.8, 4) is 6.07 Å². The molecular weight excluding hydrogens is 369 g/mol. The summed E-state index contributed by atoms with van der Waals surface area (Å²) >= 11 is 0. The molecule has 0 saturated heterocycles. The molecule has 1 amide bonds. The standard InChI is InChI=1S/C18H20FN5O2S/c1-10(25)15-6-4-13-16(27(21)23-15)9-24(2)17(13)18(26)22-12-3-5-14(19)11(7-12)8-20/h3,5,7,9-10,15,25H,4,6H2,1-2H3,(H2,21,23)(H,22,26). The van der Waals surface area contributed by atoms with E-state index in [9.17, 15) is 14.3 Å². The fourth-order valence-corrected chi connectivity index (χ4v) is 4.61. The third kappa shape index (κ3) is 3.78. The van der Waals surface area contributed by atoms with Gasteiger partial charge in [0, 0.05) is 25.0 Å².